The molecule has 0 unspecified atom stereocenters. The van der Waals surface area contributed by atoms with Crippen LogP contribution in [0.3, 0.4) is 0 Å². The van der Waals surface area contributed by atoms with E-state index in [2.05, 4.69) is 23.2 Å². The molecule has 0 saturated carbocycles. The van der Waals surface area contributed by atoms with E-state index in [1.54, 1.807) is 0 Å². The van der Waals surface area contributed by atoms with Crippen LogP contribution in [0.2, 0.25) is 0 Å². The van der Waals surface area contributed by atoms with Crippen molar-refractivity contribution >= 4 is 18.2 Å². The Hall–Kier alpha value is -1.35. The quantitative estimate of drug-likeness (QED) is 0.775. The molecule has 0 bridgehead atoms. The van der Waals surface area contributed by atoms with Crippen LogP contribution < -0.4 is 4.90 Å². The molecule has 0 amide bonds. The van der Waals surface area contributed by atoms with Gasteiger partial charge in [0.15, 0.2) is 4.77 Å². The van der Waals surface area contributed by atoms with Crippen LogP contribution in [-0.4, -0.2) is 28.4 Å². The van der Waals surface area contributed by atoms with Gasteiger partial charge in [0.2, 0.25) is 5.95 Å². The average Bonchev–Trinajstić information content (AvgIpc) is 2.58. The summed E-state index contributed by atoms with van der Waals surface area (Å²) in [4.78, 5) is 1.94. The summed E-state index contributed by atoms with van der Waals surface area (Å²) in [6.45, 7) is 3.61. The Balaban J connectivity index is 2.84. The zero-order chi connectivity index (χ0) is 11.3. The topological polar surface area (TPSA) is 60.6 Å². The minimum Gasteiger partial charge on any atom is -0.343 e. The lowest BCUT2D eigenvalue weighted by Gasteiger charge is -2.16. The van der Waals surface area contributed by atoms with Gasteiger partial charge in [0, 0.05) is 20.1 Å². The number of hydrogen-bond donors (Lipinski definition) is 1. The molecular formula is C9H15N5S. The molecule has 1 rings (SSSR count). The Morgan fingerprint density at radius 1 is 1.67 bits per heavy atom. The van der Waals surface area contributed by atoms with Crippen LogP contribution in [0, 0.1) is 16.1 Å². The number of rotatable bonds is 5. The van der Waals surface area contributed by atoms with E-state index in [-0.39, 0.29) is 0 Å². The summed E-state index contributed by atoms with van der Waals surface area (Å²) < 4.78 is 2.59. The average molecular weight is 225 g/mol. The van der Waals surface area contributed by atoms with E-state index in [0.717, 1.165) is 18.9 Å². The van der Waals surface area contributed by atoms with Crippen LogP contribution in [0.5, 0.6) is 0 Å². The smallest absolute Gasteiger partial charge is 0.225 e. The van der Waals surface area contributed by atoms with Gasteiger partial charge in [-0.3, -0.25) is 4.57 Å². The Bertz CT molecular complexity index is 399. The molecule has 1 aromatic heterocycles. The van der Waals surface area contributed by atoms with Crippen molar-refractivity contribution < 1.29 is 0 Å². The maximum absolute atomic E-state index is 8.51. The van der Waals surface area contributed by atoms with E-state index in [9.17, 15) is 0 Å². The SMILES string of the molecule is CCCn1c(N(C)CCC#N)n[nH]c1=S. The number of H-pyrrole nitrogens is 1. The minimum atomic E-state index is 0.488. The molecule has 0 fully saturated rings. The van der Waals surface area contributed by atoms with Gasteiger partial charge in [-0.2, -0.15) is 5.26 Å². The predicted octanol–water partition coefficient (Wildman–Crippen LogP) is 1.70. The van der Waals surface area contributed by atoms with Gasteiger partial charge in [0.1, 0.15) is 0 Å². The van der Waals surface area contributed by atoms with Crippen LogP contribution in [-0.2, 0) is 6.54 Å². The van der Waals surface area contributed by atoms with Gasteiger partial charge in [-0.1, -0.05) is 6.92 Å². The first-order valence-electron chi connectivity index (χ1n) is 4.94. The molecular weight excluding hydrogens is 210 g/mol. The van der Waals surface area contributed by atoms with E-state index in [1.165, 1.54) is 0 Å². The summed E-state index contributed by atoms with van der Waals surface area (Å²) in [5, 5.41) is 15.4. The number of nitrogens with zero attached hydrogens (tertiary/aromatic N) is 4. The van der Waals surface area contributed by atoms with Crippen molar-refractivity contribution in [3.05, 3.63) is 4.77 Å². The molecule has 15 heavy (non-hydrogen) atoms. The second kappa shape index (κ2) is 5.51. The fourth-order valence-corrected chi connectivity index (χ4v) is 1.56. The number of aromatic nitrogens is 3. The van der Waals surface area contributed by atoms with Crippen LogP contribution >= 0.6 is 12.2 Å². The number of nitriles is 1. The van der Waals surface area contributed by atoms with Crippen molar-refractivity contribution in [2.24, 2.45) is 0 Å². The molecule has 0 radical (unpaired) electrons. The standard InChI is InChI=1S/C9H15N5S/c1-3-6-14-8(11-12-9(14)15)13(2)7-4-5-10/h3-4,6-7H2,1-2H3,(H,12,15). The van der Waals surface area contributed by atoms with Crippen molar-refractivity contribution in [1.82, 2.24) is 14.8 Å². The summed E-state index contributed by atoms with van der Waals surface area (Å²) in [6, 6.07) is 2.11. The van der Waals surface area contributed by atoms with Gasteiger partial charge in [-0.15, -0.1) is 5.10 Å². The summed E-state index contributed by atoms with van der Waals surface area (Å²) >= 11 is 5.12. The fourth-order valence-electron chi connectivity index (χ4n) is 1.34. The number of nitrogens with one attached hydrogen (secondary N) is 1. The molecule has 0 aliphatic rings. The van der Waals surface area contributed by atoms with Crippen molar-refractivity contribution in [3.8, 4) is 6.07 Å². The van der Waals surface area contributed by atoms with Gasteiger partial charge < -0.3 is 4.90 Å². The van der Waals surface area contributed by atoms with Crippen molar-refractivity contribution in [3.63, 3.8) is 0 Å². The lowest BCUT2D eigenvalue weighted by atomic mass is 10.4. The third kappa shape index (κ3) is 2.80. The molecule has 6 heteroatoms. The van der Waals surface area contributed by atoms with E-state index < -0.39 is 0 Å². The summed E-state index contributed by atoms with van der Waals surface area (Å²) in [7, 11) is 1.91. The zero-order valence-electron chi connectivity index (χ0n) is 9.03. The van der Waals surface area contributed by atoms with Gasteiger partial charge >= 0.3 is 0 Å². The maximum Gasteiger partial charge on any atom is 0.225 e. The van der Waals surface area contributed by atoms with Crippen LogP contribution in [0.1, 0.15) is 19.8 Å². The largest absolute Gasteiger partial charge is 0.343 e. The van der Waals surface area contributed by atoms with E-state index in [0.29, 0.717) is 17.7 Å². The molecule has 0 atom stereocenters. The summed E-state index contributed by atoms with van der Waals surface area (Å²) in [6.07, 6.45) is 1.50. The predicted molar refractivity (Wildman–Crippen MR) is 61.2 cm³/mol. The van der Waals surface area contributed by atoms with E-state index in [1.807, 2.05) is 16.5 Å². The Kier molecular flexibility index (Phi) is 4.31. The van der Waals surface area contributed by atoms with Crippen LogP contribution in [0.15, 0.2) is 0 Å². The zero-order valence-corrected chi connectivity index (χ0v) is 9.84. The Morgan fingerprint density at radius 2 is 2.40 bits per heavy atom. The monoisotopic (exact) mass is 225 g/mol. The second-order valence-corrected chi connectivity index (χ2v) is 3.70. The van der Waals surface area contributed by atoms with Crippen LogP contribution in [0.4, 0.5) is 5.95 Å². The summed E-state index contributed by atoms with van der Waals surface area (Å²) in [5.74, 6) is 0.803. The highest BCUT2D eigenvalue weighted by atomic mass is 32.1. The second-order valence-electron chi connectivity index (χ2n) is 3.31. The Morgan fingerprint density at radius 3 is 3.00 bits per heavy atom. The first kappa shape index (κ1) is 11.7. The van der Waals surface area contributed by atoms with Crippen LogP contribution in [0.25, 0.3) is 0 Å². The molecule has 5 nitrogen and oxygen atoms in total. The molecule has 0 spiro atoms. The maximum atomic E-state index is 8.51. The highest BCUT2D eigenvalue weighted by molar-refractivity contribution is 7.71. The van der Waals surface area contributed by atoms with Crippen molar-refractivity contribution in [1.29, 1.82) is 5.26 Å². The normalized spacial score (nSPS) is 9.93. The van der Waals surface area contributed by atoms with E-state index in [4.69, 9.17) is 17.5 Å². The third-order valence-electron chi connectivity index (χ3n) is 2.09. The highest BCUT2D eigenvalue weighted by Crippen LogP contribution is 2.10. The molecule has 0 saturated heterocycles. The van der Waals surface area contributed by atoms with Gasteiger partial charge in [0.25, 0.3) is 0 Å². The minimum absolute atomic E-state index is 0.488. The first-order valence-corrected chi connectivity index (χ1v) is 5.34. The number of aromatic amines is 1. The molecule has 1 heterocycles. The molecule has 0 aromatic carbocycles. The van der Waals surface area contributed by atoms with E-state index >= 15 is 0 Å². The molecule has 1 N–H and O–H groups in total. The highest BCUT2D eigenvalue weighted by Gasteiger charge is 2.09. The van der Waals surface area contributed by atoms with Crippen molar-refractivity contribution in [2.45, 2.75) is 26.3 Å². The number of hydrogen-bond acceptors (Lipinski definition) is 4. The van der Waals surface area contributed by atoms with Gasteiger partial charge in [-0.25, -0.2) is 5.10 Å². The first-order chi connectivity index (χ1) is 7.20. The molecule has 82 valence electrons. The van der Waals surface area contributed by atoms with Gasteiger partial charge in [0.05, 0.1) is 12.5 Å². The summed E-state index contributed by atoms with van der Waals surface area (Å²) in [5.41, 5.74) is 0. The molecule has 0 aliphatic heterocycles. The number of anilines is 1. The van der Waals surface area contributed by atoms with Gasteiger partial charge in [-0.05, 0) is 18.6 Å². The fraction of sp³-hybridized carbons (Fsp3) is 0.667. The van der Waals surface area contributed by atoms with Crippen molar-refractivity contribution in [2.75, 3.05) is 18.5 Å². The Labute approximate surface area is 94.3 Å². The third-order valence-corrected chi connectivity index (χ3v) is 2.40. The lowest BCUT2D eigenvalue weighted by Crippen LogP contribution is -2.22. The molecule has 1 aromatic rings. The lowest BCUT2D eigenvalue weighted by molar-refractivity contribution is 0.655. The molecule has 0 aliphatic carbocycles.